The highest BCUT2D eigenvalue weighted by Gasteiger charge is 2.42. The van der Waals surface area contributed by atoms with Crippen molar-refractivity contribution in [2.45, 2.75) is 398 Å². The summed E-state index contributed by atoms with van der Waals surface area (Å²) in [5.74, 6) is -1.41. The molecule has 434 valence electrons. The molecule has 0 heteroatoms. The van der Waals surface area contributed by atoms with Gasteiger partial charge in [-0.05, 0) is 61.0 Å². The molecule has 0 fully saturated rings. The fourth-order valence-corrected chi connectivity index (χ4v) is 4.94. The molecule has 0 saturated carbocycles. The van der Waals surface area contributed by atoms with Gasteiger partial charge in [0, 0.05) is 42.5 Å². The topological polar surface area (TPSA) is 0 Å². The largest absolute Gasteiger partial charge is 0.0654 e. The third kappa shape index (κ3) is 79.6. The summed E-state index contributed by atoms with van der Waals surface area (Å²) in [6.07, 6.45) is -6.15. The van der Waals surface area contributed by atoms with Gasteiger partial charge in [-0.3, -0.25) is 0 Å². The first-order chi connectivity index (χ1) is 42.2. The van der Waals surface area contributed by atoms with Gasteiger partial charge >= 0.3 is 0 Å². The van der Waals surface area contributed by atoms with Gasteiger partial charge in [-0.1, -0.05) is 391 Å². The minimum Gasteiger partial charge on any atom is -0.0654 e. The van der Waals surface area contributed by atoms with Crippen molar-refractivity contribution in [1.82, 2.24) is 0 Å². The monoisotopic (exact) mass is 1020 g/mol. The molecule has 0 rings (SSSR count). The molecule has 0 aromatic carbocycles. The molecule has 0 heterocycles. The van der Waals surface area contributed by atoms with E-state index in [0.717, 1.165) is 19.8 Å². The van der Waals surface area contributed by atoms with E-state index in [4.69, 9.17) is 42.5 Å². The van der Waals surface area contributed by atoms with Gasteiger partial charge in [0.05, 0.1) is 0 Å². The van der Waals surface area contributed by atoms with Gasteiger partial charge in [0.15, 0.2) is 0 Å². The lowest BCUT2D eigenvalue weighted by Crippen LogP contribution is -2.41. The summed E-state index contributed by atoms with van der Waals surface area (Å²) in [6.45, 7) is 55.5. The second-order valence-electron chi connectivity index (χ2n) is 24.3. The molecule has 0 aliphatic heterocycles. The zero-order valence-corrected chi connectivity index (χ0v) is 54.3. The lowest BCUT2D eigenvalue weighted by atomic mass is 9.56. The molecule has 0 aliphatic carbocycles. The lowest BCUT2D eigenvalue weighted by molar-refractivity contribution is 0.00575. The van der Waals surface area contributed by atoms with Crippen LogP contribution in [-0.4, -0.2) is 0 Å². The molecule has 0 bridgehead atoms. The maximum Gasteiger partial charge on any atom is 0.0297 e. The summed E-state index contributed by atoms with van der Waals surface area (Å²) in [6, 6.07) is 0. The van der Waals surface area contributed by atoms with E-state index in [1.54, 1.807) is 55.4 Å². The SMILES string of the molecule is CC(C)(C)CC(C)(C)C.[2H]C([2H])(C)C([2H])([2H])C([2H])(C)C.[2H]C([2H])(C)C([2H])([2H])CC.[2H]C([2H])(C)C([2H])([2H])CC.[2H]C([2H])(C)CCC.[2H]C([2H])(C)CCC.[2H]C([2H])(CC)CC.[2H]C([2H])([2H])C(C)(C)C(C)(C([2H])([2H])[2H])C(C)(C)C.[2H]C([2H])([2H])C(C)(CC)C(C)(C)C.[2H]C([2H])([2H])C(C)(CC)C(C)(C)C. The van der Waals surface area contributed by atoms with E-state index in [2.05, 4.69) is 41.5 Å². The van der Waals surface area contributed by atoms with Gasteiger partial charge < -0.3 is 0 Å². The fourth-order valence-electron chi connectivity index (χ4n) is 4.94. The van der Waals surface area contributed by atoms with Gasteiger partial charge in [-0.2, -0.15) is 0 Å². The molecular weight excluding hydrogens is 829 g/mol. The van der Waals surface area contributed by atoms with E-state index in [-0.39, 0.29) is 23.7 Å². The van der Waals surface area contributed by atoms with E-state index in [9.17, 15) is 0 Å². The van der Waals surface area contributed by atoms with Crippen molar-refractivity contribution in [2.24, 2.45) is 54.6 Å². The van der Waals surface area contributed by atoms with E-state index >= 15 is 0 Å². The van der Waals surface area contributed by atoms with E-state index in [1.807, 2.05) is 96.9 Å². The predicted molar refractivity (Wildman–Crippen MR) is 339 cm³/mol. The Morgan fingerprint density at radius 1 is 0.348 bits per heavy atom. The van der Waals surface area contributed by atoms with Crippen LogP contribution in [0.1, 0.15) is 440 Å². The van der Waals surface area contributed by atoms with Crippen molar-refractivity contribution in [3.8, 4) is 0 Å². The van der Waals surface area contributed by atoms with Crippen LogP contribution in [0.3, 0.4) is 0 Å². The molecule has 0 aromatic heterocycles. The molecule has 0 amide bonds. The zero-order valence-electron chi connectivity index (χ0n) is 85.3. The summed E-state index contributed by atoms with van der Waals surface area (Å²) in [7, 11) is 0. The van der Waals surface area contributed by atoms with E-state index in [0.29, 0.717) is 49.4 Å². The van der Waals surface area contributed by atoms with Crippen LogP contribution in [0.15, 0.2) is 0 Å². The van der Waals surface area contributed by atoms with Crippen LogP contribution >= 0.6 is 0 Å². The van der Waals surface area contributed by atoms with Gasteiger partial charge in [-0.25, -0.2) is 0 Å². The number of hydrogen-bond donors (Lipinski definition) is 0. The van der Waals surface area contributed by atoms with Crippen LogP contribution < -0.4 is 0 Å². The molecule has 0 aromatic rings. The molecule has 69 heavy (non-hydrogen) atoms. The second kappa shape index (κ2) is 51.5. The molecular formula is C69H158. The smallest absolute Gasteiger partial charge is 0.0297 e. The van der Waals surface area contributed by atoms with Crippen molar-refractivity contribution in [3.63, 3.8) is 0 Å². The normalized spacial score (nSPS) is 23.3. The third-order valence-corrected chi connectivity index (χ3v) is 11.1. The highest BCUT2D eigenvalue weighted by atomic mass is 14.5. The Labute approximate surface area is 494 Å². The number of rotatable bonds is 14. The molecule has 0 radical (unpaired) electrons. The van der Waals surface area contributed by atoms with Crippen molar-refractivity contribution in [1.29, 1.82) is 0 Å². The van der Waals surface area contributed by atoms with Crippen LogP contribution in [0.5, 0.6) is 0 Å². The van der Waals surface area contributed by atoms with Crippen LogP contribution in [0.25, 0.3) is 0 Å². The summed E-state index contributed by atoms with van der Waals surface area (Å²) in [5.41, 5.74) is -3.80. The van der Waals surface area contributed by atoms with E-state index < -0.39 is 118 Å². The lowest BCUT2D eigenvalue weighted by Gasteiger charge is -2.49. The Kier molecular flexibility index (Phi) is 29.4. The Bertz CT molecular complexity index is 1920. The highest BCUT2D eigenvalue weighted by molar-refractivity contribution is 4.91. The Morgan fingerprint density at radius 2 is 0.652 bits per heavy atom. The predicted octanol–water partition coefficient (Wildman–Crippen LogP) is 27.9. The van der Waals surface area contributed by atoms with Crippen molar-refractivity contribution in [2.75, 3.05) is 0 Å². The molecule has 0 aliphatic rings. The average molecular weight is 1020 g/mol. The zero-order chi connectivity index (χ0) is 85.3. The first-order valence-corrected chi connectivity index (χ1v) is 26.7. The molecule has 3 atom stereocenters. The summed E-state index contributed by atoms with van der Waals surface area (Å²) < 4.78 is 226. The summed E-state index contributed by atoms with van der Waals surface area (Å²) in [4.78, 5) is 0. The molecule has 3 unspecified atom stereocenters. The molecule has 0 spiro atoms. The summed E-state index contributed by atoms with van der Waals surface area (Å²) in [5, 5.41) is 0. The van der Waals surface area contributed by atoms with Crippen LogP contribution in [0.2, 0.25) is 0 Å². The fraction of sp³-hybridized carbons (Fsp3) is 1.00. The minimum atomic E-state index is -2.33. The first-order valence-electron chi connectivity index (χ1n) is 42.2. The molecule has 0 nitrogen and oxygen atoms in total. The maximum absolute atomic E-state index is 7.76. The molecule has 0 saturated heterocycles. The van der Waals surface area contributed by atoms with Gasteiger partial charge in [0.2, 0.25) is 0 Å². The molecule has 0 N–H and O–H groups in total. The van der Waals surface area contributed by atoms with Gasteiger partial charge in [0.25, 0.3) is 0 Å². The quantitative estimate of drug-likeness (QED) is 0.163. The Hall–Kier alpha value is 0. The maximum atomic E-state index is 7.76. The van der Waals surface area contributed by atoms with Crippen LogP contribution in [0.4, 0.5) is 0 Å². The van der Waals surface area contributed by atoms with Crippen molar-refractivity contribution < 1.29 is 42.5 Å². The average Bonchev–Trinajstić information content (AvgIpc) is 0.718. The van der Waals surface area contributed by atoms with Crippen molar-refractivity contribution >= 4 is 0 Å². The summed E-state index contributed by atoms with van der Waals surface area (Å²) >= 11 is 0. The Morgan fingerprint density at radius 3 is 0.667 bits per heavy atom. The number of hydrogen-bond acceptors (Lipinski definition) is 0. The third-order valence-electron chi connectivity index (χ3n) is 11.1. The standard InChI is InChI=1S/C11H24.3C9H20.C6H14.5C5H12/c1-9(2,3)11(7,8)10(4,5)6;1-8(2,3)7-9(4,5)6;2*1-7-9(5,6)8(2,3)4;1-4-5-6(2)3;5*1-3-5-4-2/h1-8H3;3*7H2,1-6H3;6H,4-5H2,1-3H3;5*3-5H2,1-2H3/i1D3,7D3;;2*5D3;4D2,5D2,6D;2*3D2,5D2;5D2;2*3D2. The first kappa shape index (κ1) is 39.4. The van der Waals surface area contributed by atoms with Gasteiger partial charge in [-0.15, -0.1) is 0 Å². The Balaban J connectivity index is -0.000000114. The van der Waals surface area contributed by atoms with Crippen LogP contribution in [-0.2, 0) is 0 Å². The van der Waals surface area contributed by atoms with E-state index in [1.165, 1.54) is 48.0 Å². The van der Waals surface area contributed by atoms with Crippen LogP contribution in [0, 0.1) is 54.6 Å². The van der Waals surface area contributed by atoms with Crippen molar-refractivity contribution in [3.05, 3.63) is 0 Å². The minimum absolute atomic E-state index is 0.174. The van der Waals surface area contributed by atoms with Gasteiger partial charge in [0.1, 0.15) is 0 Å². The second-order valence-corrected chi connectivity index (χ2v) is 24.3. The highest BCUT2D eigenvalue weighted by Crippen LogP contribution is 2.50.